The van der Waals surface area contributed by atoms with E-state index >= 15 is 0 Å². The number of nitrogen functional groups attached to an aromatic ring is 1. The average Bonchev–Trinajstić information content (AvgIpc) is 2.48. The van der Waals surface area contributed by atoms with E-state index < -0.39 is 5.41 Å². The highest BCUT2D eigenvalue weighted by molar-refractivity contribution is 5.95. The SMILES string of the molecule is CC(C)(C)C(=O)N1CCCC(C(=O)Nc2ccccc2N)C1. The molecule has 1 aromatic carbocycles. The van der Waals surface area contributed by atoms with Crippen molar-refractivity contribution in [3.8, 4) is 0 Å². The van der Waals surface area contributed by atoms with E-state index in [2.05, 4.69) is 5.32 Å². The molecule has 1 aliphatic heterocycles. The molecular formula is C17H25N3O2. The van der Waals surface area contributed by atoms with E-state index in [-0.39, 0.29) is 17.7 Å². The number of carbonyl (C=O) groups excluding carboxylic acids is 2. The molecule has 5 nitrogen and oxygen atoms in total. The van der Waals surface area contributed by atoms with E-state index in [1.165, 1.54) is 0 Å². The average molecular weight is 303 g/mol. The molecule has 120 valence electrons. The van der Waals surface area contributed by atoms with Gasteiger partial charge < -0.3 is 16.0 Å². The second-order valence-electron chi connectivity index (χ2n) is 6.92. The standard InChI is InChI=1S/C17H25N3O2/c1-17(2,3)16(22)20-10-6-7-12(11-20)15(21)19-14-9-5-4-8-13(14)18/h4-5,8-9,12H,6-7,10-11,18H2,1-3H3,(H,19,21). The van der Waals surface area contributed by atoms with Crippen molar-refractivity contribution in [3.05, 3.63) is 24.3 Å². The van der Waals surface area contributed by atoms with E-state index in [0.717, 1.165) is 19.4 Å². The topological polar surface area (TPSA) is 75.4 Å². The van der Waals surface area contributed by atoms with Crippen molar-refractivity contribution in [3.63, 3.8) is 0 Å². The van der Waals surface area contributed by atoms with Crippen LogP contribution in [0.15, 0.2) is 24.3 Å². The van der Waals surface area contributed by atoms with Crippen LogP contribution in [0.1, 0.15) is 33.6 Å². The maximum absolute atomic E-state index is 12.4. The lowest BCUT2D eigenvalue weighted by molar-refractivity contribution is -0.142. The van der Waals surface area contributed by atoms with Gasteiger partial charge in [0.1, 0.15) is 0 Å². The van der Waals surface area contributed by atoms with Gasteiger partial charge in [0.05, 0.1) is 17.3 Å². The molecule has 1 heterocycles. The molecule has 2 amide bonds. The largest absolute Gasteiger partial charge is 0.397 e. The number of para-hydroxylation sites is 2. The Morgan fingerprint density at radius 1 is 1.27 bits per heavy atom. The molecule has 0 radical (unpaired) electrons. The zero-order chi connectivity index (χ0) is 16.3. The Kier molecular flexibility index (Phi) is 4.74. The first-order valence-corrected chi connectivity index (χ1v) is 7.74. The fourth-order valence-corrected chi connectivity index (χ4v) is 2.70. The van der Waals surface area contributed by atoms with Crippen molar-refractivity contribution in [2.75, 3.05) is 24.1 Å². The fraction of sp³-hybridized carbons (Fsp3) is 0.529. The number of nitrogens with zero attached hydrogens (tertiary/aromatic N) is 1. The predicted octanol–water partition coefficient (Wildman–Crippen LogP) is 2.49. The van der Waals surface area contributed by atoms with Crippen molar-refractivity contribution in [1.29, 1.82) is 0 Å². The highest BCUT2D eigenvalue weighted by Crippen LogP contribution is 2.25. The summed E-state index contributed by atoms with van der Waals surface area (Å²) in [5.41, 5.74) is 6.62. The van der Waals surface area contributed by atoms with Crippen LogP contribution in [0.25, 0.3) is 0 Å². The summed E-state index contributed by atoms with van der Waals surface area (Å²) in [7, 11) is 0. The van der Waals surface area contributed by atoms with Gasteiger partial charge in [0.15, 0.2) is 0 Å². The van der Waals surface area contributed by atoms with Gasteiger partial charge in [-0.15, -0.1) is 0 Å². The van der Waals surface area contributed by atoms with Crippen molar-refractivity contribution < 1.29 is 9.59 Å². The molecule has 3 N–H and O–H groups in total. The van der Waals surface area contributed by atoms with E-state index in [1.807, 2.05) is 37.8 Å². The Balaban J connectivity index is 2.02. The van der Waals surface area contributed by atoms with Crippen molar-refractivity contribution in [2.24, 2.45) is 11.3 Å². The van der Waals surface area contributed by atoms with Gasteiger partial charge >= 0.3 is 0 Å². The first kappa shape index (κ1) is 16.3. The smallest absolute Gasteiger partial charge is 0.229 e. The van der Waals surface area contributed by atoms with Gasteiger partial charge in [-0.05, 0) is 25.0 Å². The van der Waals surface area contributed by atoms with E-state index in [1.54, 1.807) is 12.1 Å². The third-order valence-electron chi connectivity index (χ3n) is 3.94. The first-order valence-electron chi connectivity index (χ1n) is 7.74. The molecule has 1 atom stereocenters. The molecule has 1 saturated heterocycles. The maximum Gasteiger partial charge on any atom is 0.229 e. The number of anilines is 2. The minimum absolute atomic E-state index is 0.0655. The van der Waals surface area contributed by atoms with Gasteiger partial charge in [0.25, 0.3) is 0 Å². The van der Waals surface area contributed by atoms with Crippen molar-refractivity contribution in [1.82, 2.24) is 4.90 Å². The number of hydrogen-bond acceptors (Lipinski definition) is 3. The van der Waals surface area contributed by atoms with Gasteiger partial charge in [-0.2, -0.15) is 0 Å². The molecule has 1 aliphatic rings. The number of hydrogen-bond donors (Lipinski definition) is 2. The fourth-order valence-electron chi connectivity index (χ4n) is 2.70. The minimum Gasteiger partial charge on any atom is -0.397 e. The predicted molar refractivity (Wildman–Crippen MR) is 88.2 cm³/mol. The summed E-state index contributed by atoms with van der Waals surface area (Å²) in [6.45, 7) is 6.93. The van der Waals surface area contributed by atoms with Crippen LogP contribution in [0.3, 0.4) is 0 Å². The Labute approximate surface area is 131 Å². The molecule has 1 unspecified atom stereocenters. The molecule has 0 spiro atoms. The summed E-state index contributed by atoms with van der Waals surface area (Å²) >= 11 is 0. The van der Waals surface area contributed by atoms with Crippen LogP contribution in [0, 0.1) is 11.3 Å². The molecule has 2 rings (SSSR count). The highest BCUT2D eigenvalue weighted by Gasteiger charge is 2.33. The second kappa shape index (κ2) is 6.38. The van der Waals surface area contributed by atoms with Crippen LogP contribution in [0.4, 0.5) is 11.4 Å². The van der Waals surface area contributed by atoms with Gasteiger partial charge in [-0.1, -0.05) is 32.9 Å². The Bertz CT molecular complexity index is 563. The maximum atomic E-state index is 12.4. The summed E-state index contributed by atoms with van der Waals surface area (Å²) < 4.78 is 0. The number of benzene rings is 1. The molecule has 5 heteroatoms. The van der Waals surface area contributed by atoms with Crippen LogP contribution in [0.5, 0.6) is 0 Å². The Morgan fingerprint density at radius 2 is 1.95 bits per heavy atom. The molecule has 1 fully saturated rings. The van der Waals surface area contributed by atoms with E-state index in [4.69, 9.17) is 5.73 Å². The Morgan fingerprint density at radius 3 is 2.59 bits per heavy atom. The summed E-state index contributed by atoms with van der Waals surface area (Å²) in [4.78, 5) is 26.6. The molecule has 1 aromatic rings. The van der Waals surface area contributed by atoms with Gasteiger partial charge in [0, 0.05) is 18.5 Å². The van der Waals surface area contributed by atoms with E-state index in [0.29, 0.717) is 17.9 Å². The monoisotopic (exact) mass is 303 g/mol. The molecule has 0 aliphatic carbocycles. The van der Waals surface area contributed by atoms with Gasteiger partial charge in [-0.25, -0.2) is 0 Å². The lowest BCUT2D eigenvalue weighted by atomic mass is 9.91. The highest BCUT2D eigenvalue weighted by atomic mass is 16.2. The zero-order valence-electron chi connectivity index (χ0n) is 13.6. The number of piperidine rings is 1. The van der Waals surface area contributed by atoms with Crippen LogP contribution in [0.2, 0.25) is 0 Å². The molecule has 22 heavy (non-hydrogen) atoms. The summed E-state index contributed by atoms with van der Waals surface area (Å²) in [5, 5.41) is 2.88. The third-order valence-corrected chi connectivity index (χ3v) is 3.94. The van der Waals surface area contributed by atoms with Crippen LogP contribution in [-0.4, -0.2) is 29.8 Å². The lowest BCUT2D eigenvalue weighted by Crippen LogP contribution is -2.47. The lowest BCUT2D eigenvalue weighted by Gasteiger charge is -2.35. The summed E-state index contributed by atoms with van der Waals surface area (Å²) in [5.74, 6) is -0.145. The number of amides is 2. The first-order chi connectivity index (χ1) is 10.3. The zero-order valence-corrected chi connectivity index (χ0v) is 13.6. The van der Waals surface area contributed by atoms with Crippen LogP contribution in [-0.2, 0) is 9.59 Å². The van der Waals surface area contributed by atoms with Gasteiger partial charge in [0.2, 0.25) is 11.8 Å². The normalized spacial score (nSPS) is 18.9. The molecule has 0 aromatic heterocycles. The molecule has 0 saturated carbocycles. The third kappa shape index (κ3) is 3.78. The minimum atomic E-state index is -0.414. The van der Waals surface area contributed by atoms with Crippen LogP contribution < -0.4 is 11.1 Å². The van der Waals surface area contributed by atoms with Gasteiger partial charge in [-0.3, -0.25) is 9.59 Å². The van der Waals surface area contributed by atoms with Crippen molar-refractivity contribution in [2.45, 2.75) is 33.6 Å². The number of likely N-dealkylation sites (tertiary alicyclic amines) is 1. The number of nitrogens with two attached hydrogens (primary N) is 1. The quantitative estimate of drug-likeness (QED) is 0.824. The second-order valence-corrected chi connectivity index (χ2v) is 6.92. The van der Waals surface area contributed by atoms with E-state index in [9.17, 15) is 9.59 Å². The van der Waals surface area contributed by atoms with Crippen LogP contribution >= 0.6 is 0 Å². The summed E-state index contributed by atoms with van der Waals surface area (Å²) in [6, 6.07) is 7.21. The number of rotatable bonds is 2. The summed E-state index contributed by atoms with van der Waals surface area (Å²) in [6.07, 6.45) is 1.65. The molecule has 0 bridgehead atoms. The van der Waals surface area contributed by atoms with Crippen molar-refractivity contribution >= 4 is 23.2 Å². The number of nitrogens with one attached hydrogen (secondary N) is 1. The number of carbonyl (C=O) groups is 2. The molecular weight excluding hydrogens is 278 g/mol. The Hall–Kier alpha value is -2.04.